The van der Waals surface area contributed by atoms with Gasteiger partial charge in [-0.2, -0.15) is 0 Å². The van der Waals surface area contributed by atoms with Crippen LogP contribution in [0.2, 0.25) is 0 Å². The van der Waals surface area contributed by atoms with Gasteiger partial charge in [-0.1, -0.05) is 12.1 Å². The molecule has 1 saturated heterocycles. The normalized spacial score (nSPS) is 17.7. The van der Waals surface area contributed by atoms with Crippen LogP contribution >= 0.6 is 0 Å². The molecule has 1 aromatic carbocycles. The van der Waals surface area contributed by atoms with Gasteiger partial charge >= 0.3 is 5.97 Å². The molecule has 0 N–H and O–H groups in total. The van der Waals surface area contributed by atoms with Crippen LogP contribution in [-0.4, -0.2) is 29.3 Å². The highest BCUT2D eigenvalue weighted by atomic mass is 19.1. The molecule has 0 unspecified atom stereocenters. The number of amides is 1. The molecule has 124 valence electrons. The lowest BCUT2D eigenvalue weighted by Gasteiger charge is -2.20. The van der Waals surface area contributed by atoms with E-state index < -0.39 is 17.7 Å². The lowest BCUT2D eigenvalue weighted by molar-refractivity contribution is -0.183. The van der Waals surface area contributed by atoms with E-state index >= 15 is 0 Å². The number of hydrogen-bond donors (Lipinski definition) is 0. The van der Waals surface area contributed by atoms with Crippen molar-refractivity contribution in [2.75, 3.05) is 6.61 Å². The van der Waals surface area contributed by atoms with E-state index in [1.807, 2.05) is 0 Å². The summed E-state index contributed by atoms with van der Waals surface area (Å²) in [6.07, 6.45) is 1.02. The van der Waals surface area contributed by atoms with Gasteiger partial charge in [-0.25, -0.2) is 14.2 Å². The van der Waals surface area contributed by atoms with Crippen molar-refractivity contribution in [2.24, 2.45) is 0 Å². The Balaban J connectivity index is 2.12. The maximum Gasteiger partial charge on any atom is 0.377 e. The average Bonchev–Trinajstić information content (AvgIpc) is 2.73. The number of ether oxygens (including phenoxy) is 2. The zero-order valence-corrected chi connectivity index (χ0v) is 13.2. The van der Waals surface area contributed by atoms with Crippen LogP contribution in [0.15, 0.2) is 36.1 Å². The number of cyclic esters (lactones) is 1. The predicted molar refractivity (Wildman–Crippen MR) is 77.9 cm³/mol. The lowest BCUT2D eigenvalue weighted by atomic mass is 10.2. The first-order valence-electron chi connectivity index (χ1n) is 7.13. The summed E-state index contributed by atoms with van der Waals surface area (Å²) >= 11 is 0. The van der Waals surface area contributed by atoms with Crippen LogP contribution in [0.3, 0.4) is 0 Å². The van der Waals surface area contributed by atoms with Crippen LogP contribution in [0.5, 0.6) is 0 Å². The SMILES string of the molecule is CCON(Cc1ccc(F)cc1)C(=O)/C=C1\OC(C)(C)OC1=O. The highest BCUT2D eigenvalue weighted by molar-refractivity contribution is 5.97. The van der Waals surface area contributed by atoms with Crippen LogP contribution in [0.4, 0.5) is 4.39 Å². The van der Waals surface area contributed by atoms with Crippen molar-refractivity contribution in [3.8, 4) is 0 Å². The zero-order chi connectivity index (χ0) is 17.0. The topological polar surface area (TPSA) is 65.1 Å². The second-order valence-corrected chi connectivity index (χ2v) is 5.32. The van der Waals surface area contributed by atoms with Gasteiger partial charge < -0.3 is 9.47 Å². The quantitative estimate of drug-likeness (QED) is 0.472. The van der Waals surface area contributed by atoms with E-state index in [1.54, 1.807) is 32.9 Å². The molecule has 0 radical (unpaired) electrons. The van der Waals surface area contributed by atoms with Gasteiger partial charge in [0, 0.05) is 13.8 Å². The maximum absolute atomic E-state index is 12.9. The largest absolute Gasteiger partial charge is 0.445 e. The number of carbonyl (C=O) groups is 2. The number of nitrogens with zero attached hydrogens (tertiary/aromatic N) is 1. The van der Waals surface area contributed by atoms with Crippen molar-refractivity contribution in [3.63, 3.8) is 0 Å². The zero-order valence-electron chi connectivity index (χ0n) is 13.2. The van der Waals surface area contributed by atoms with Gasteiger partial charge in [0.1, 0.15) is 5.82 Å². The first-order valence-corrected chi connectivity index (χ1v) is 7.13. The van der Waals surface area contributed by atoms with E-state index in [2.05, 4.69) is 0 Å². The Hall–Kier alpha value is -2.41. The van der Waals surface area contributed by atoms with E-state index in [-0.39, 0.29) is 24.7 Å². The summed E-state index contributed by atoms with van der Waals surface area (Å²) in [6, 6.07) is 5.68. The van der Waals surface area contributed by atoms with Crippen LogP contribution < -0.4 is 0 Å². The summed E-state index contributed by atoms with van der Waals surface area (Å²) in [5, 5.41) is 1.07. The Morgan fingerprint density at radius 2 is 1.96 bits per heavy atom. The monoisotopic (exact) mass is 323 g/mol. The van der Waals surface area contributed by atoms with Crippen molar-refractivity contribution in [3.05, 3.63) is 47.5 Å². The van der Waals surface area contributed by atoms with Gasteiger partial charge in [0.15, 0.2) is 0 Å². The summed E-state index contributed by atoms with van der Waals surface area (Å²) in [6.45, 7) is 5.22. The molecule has 0 spiro atoms. The van der Waals surface area contributed by atoms with Gasteiger partial charge in [-0.3, -0.25) is 9.63 Å². The molecule has 0 aliphatic carbocycles. The number of rotatable bonds is 5. The molecule has 0 saturated carbocycles. The molecule has 1 heterocycles. The minimum atomic E-state index is -1.10. The predicted octanol–water partition coefficient (Wildman–Crippen LogP) is 2.30. The van der Waals surface area contributed by atoms with E-state index in [0.717, 1.165) is 11.1 Å². The number of hydrogen-bond acceptors (Lipinski definition) is 5. The molecule has 2 rings (SSSR count). The molecular weight excluding hydrogens is 305 g/mol. The number of esters is 1. The molecule has 1 aliphatic heterocycles. The molecule has 1 fully saturated rings. The third-order valence-corrected chi connectivity index (χ3v) is 2.92. The molecule has 23 heavy (non-hydrogen) atoms. The maximum atomic E-state index is 12.9. The number of carbonyl (C=O) groups excluding carboxylic acids is 2. The smallest absolute Gasteiger partial charge is 0.377 e. The van der Waals surface area contributed by atoms with E-state index in [4.69, 9.17) is 14.3 Å². The Bertz CT molecular complexity index is 624. The third-order valence-electron chi connectivity index (χ3n) is 2.92. The minimum absolute atomic E-state index is 0.106. The Morgan fingerprint density at radius 1 is 1.30 bits per heavy atom. The fourth-order valence-corrected chi connectivity index (χ4v) is 1.97. The van der Waals surface area contributed by atoms with Gasteiger partial charge in [0.25, 0.3) is 5.91 Å². The Morgan fingerprint density at radius 3 is 2.48 bits per heavy atom. The molecule has 0 bridgehead atoms. The summed E-state index contributed by atoms with van der Waals surface area (Å²) in [5.41, 5.74) is 0.682. The van der Waals surface area contributed by atoms with Crippen molar-refractivity contribution in [1.29, 1.82) is 0 Å². The lowest BCUT2D eigenvalue weighted by Crippen LogP contribution is -2.30. The summed E-state index contributed by atoms with van der Waals surface area (Å²) in [7, 11) is 0. The highest BCUT2D eigenvalue weighted by Gasteiger charge is 2.38. The van der Waals surface area contributed by atoms with Gasteiger partial charge in [0.05, 0.1) is 19.2 Å². The standard InChI is InChI=1S/C16H18FNO5/c1-4-21-18(10-11-5-7-12(17)8-6-11)14(19)9-13-15(20)23-16(2,3)22-13/h5-9H,4,10H2,1-3H3/b13-9-. The van der Waals surface area contributed by atoms with Crippen LogP contribution in [-0.2, 0) is 30.4 Å². The second-order valence-electron chi connectivity index (χ2n) is 5.32. The first-order chi connectivity index (χ1) is 10.8. The molecule has 1 aromatic rings. The van der Waals surface area contributed by atoms with Crippen LogP contribution in [0.25, 0.3) is 0 Å². The second kappa shape index (κ2) is 6.78. The number of hydroxylamine groups is 2. The average molecular weight is 323 g/mol. The molecule has 0 atom stereocenters. The number of benzene rings is 1. The Labute approximate surface area is 133 Å². The fourth-order valence-electron chi connectivity index (χ4n) is 1.97. The molecule has 1 amide bonds. The number of halogens is 1. The van der Waals surface area contributed by atoms with Gasteiger partial charge in [-0.15, -0.1) is 0 Å². The van der Waals surface area contributed by atoms with Gasteiger partial charge in [0.2, 0.25) is 11.5 Å². The highest BCUT2D eigenvalue weighted by Crippen LogP contribution is 2.26. The summed E-state index contributed by atoms with van der Waals surface area (Å²) in [4.78, 5) is 29.2. The van der Waals surface area contributed by atoms with E-state index in [1.165, 1.54) is 12.1 Å². The van der Waals surface area contributed by atoms with Crippen molar-refractivity contribution in [1.82, 2.24) is 5.06 Å². The van der Waals surface area contributed by atoms with Crippen LogP contribution in [0, 0.1) is 5.82 Å². The molecule has 1 aliphatic rings. The molecular formula is C16H18FNO5. The first kappa shape index (κ1) is 17.0. The molecule has 7 heteroatoms. The van der Waals surface area contributed by atoms with Crippen molar-refractivity contribution >= 4 is 11.9 Å². The van der Waals surface area contributed by atoms with E-state index in [0.29, 0.717) is 5.56 Å². The summed E-state index contributed by atoms with van der Waals surface area (Å²) < 4.78 is 23.1. The fraction of sp³-hybridized carbons (Fsp3) is 0.375. The molecule has 0 aromatic heterocycles. The van der Waals surface area contributed by atoms with Crippen molar-refractivity contribution in [2.45, 2.75) is 33.1 Å². The third kappa shape index (κ3) is 4.53. The summed E-state index contributed by atoms with van der Waals surface area (Å²) in [5.74, 6) is -2.92. The van der Waals surface area contributed by atoms with E-state index in [9.17, 15) is 14.0 Å². The molecule has 6 nitrogen and oxygen atoms in total. The Kier molecular flexibility index (Phi) is 5.00. The minimum Gasteiger partial charge on any atom is -0.445 e. The van der Waals surface area contributed by atoms with Gasteiger partial charge in [-0.05, 0) is 24.6 Å². The van der Waals surface area contributed by atoms with Crippen molar-refractivity contribution < 1.29 is 28.3 Å². The van der Waals surface area contributed by atoms with Crippen LogP contribution in [0.1, 0.15) is 26.3 Å².